The molecule has 1 fully saturated rings. The molecule has 112 valence electrons. The van der Waals surface area contributed by atoms with Gasteiger partial charge in [-0.25, -0.2) is 0 Å². The molecule has 3 unspecified atom stereocenters. The lowest BCUT2D eigenvalue weighted by Gasteiger charge is -2.29. The zero-order valence-electron chi connectivity index (χ0n) is 13.0. The van der Waals surface area contributed by atoms with Gasteiger partial charge in [0.1, 0.15) is 5.75 Å². The highest BCUT2D eigenvalue weighted by Crippen LogP contribution is 2.31. The van der Waals surface area contributed by atoms with Gasteiger partial charge in [0.25, 0.3) is 0 Å². The number of ether oxygens (including phenoxy) is 1. The quantitative estimate of drug-likeness (QED) is 0.839. The number of nitrogens with two attached hydrogens (primary N) is 1. The van der Waals surface area contributed by atoms with E-state index >= 15 is 0 Å². The van der Waals surface area contributed by atoms with Crippen LogP contribution in [0.2, 0.25) is 0 Å². The van der Waals surface area contributed by atoms with E-state index in [2.05, 4.69) is 38.1 Å². The van der Waals surface area contributed by atoms with Crippen molar-refractivity contribution in [2.24, 2.45) is 11.7 Å². The molecule has 20 heavy (non-hydrogen) atoms. The molecule has 0 aliphatic heterocycles. The number of benzene rings is 1. The van der Waals surface area contributed by atoms with Crippen LogP contribution >= 0.6 is 0 Å². The molecule has 1 saturated carbocycles. The molecule has 1 aliphatic carbocycles. The van der Waals surface area contributed by atoms with Crippen molar-refractivity contribution in [1.29, 1.82) is 0 Å². The van der Waals surface area contributed by atoms with Crippen LogP contribution in [0.25, 0.3) is 0 Å². The van der Waals surface area contributed by atoms with Crippen molar-refractivity contribution in [3.63, 3.8) is 0 Å². The number of rotatable bonds is 6. The molecule has 1 aromatic carbocycles. The van der Waals surface area contributed by atoms with Gasteiger partial charge in [-0.3, -0.25) is 0 Å². The minimum absolute atomic E-state index is 0.231. The van der Waals surface area contributed by atoms with Gasteiger partial charge in [0, 0.05) is 6.04 Å². The van der Waals surface area contributed by atoms with Gasteiger partial charge in [-0.15, -0.1) is 0 Å². The average molecular weight is 275 g/mol. The molecule has 0 heterocycles. The standard InChI is InChI=1S/C18H29NO/c1-3-14-8-7-10-17(12-14)20-18-11-6-5-9-15(18)13-16(19)4-2/h5-6,9,11,14,16-17H,3-4,7-8,10,12-13,19H2,1-2H3. The Kier molecular flexibility index (Phi) is 5.90. The van der Waals surface area contributed by atoms with E-state index in [-0.39, 0.29) is 6.04 Å². The molecule has 1 aromatic rings. The van der Waals surface area contributed by atoms with E-state index in [0.29, 0.717) is 6.10 Å². The van der Waals surface area contributed by atoms with Crippen molar-refractivity contribution < 1.29 is 4.74 Å². The molecule has 0 bridgehead atoms. The van der Waals surface area contributed by atoms with Gasteiger partial charge in [0.15, 0.2) is 0 Å². The highest BCUT2D eigenvalue weighted by molar-refractivity contribution is 5.34. The third-order valence-electron chi connectivity index (χ3n) is 4.58. The molecule has 2 N–H and O–H groups in total. The van der Waals surface area contributed by atoms with Gasteiger partial charge in [-0.05, 0) is 49.7 Å². The van der Waals surface area contributed by atoms with Crippen LogP contribution in [0.1, 0.15) is 57.9 Å². The molecule has 3 atom stereocenters. The van der Waals surface area contributed by atoms with E-state index in [9.17, 15) is 0 Å². The zero-order valence-corrected chi connectivity index (χ0v) is 13.0. The second-order valence-electron chi connectivity index (χ2n) is 6.16. The van der Waals surface area contributed by atoms with Crippen molar-refractivity contribution in [3.8, 4) is 5.75 Å². The molecular weight excluding hydrogens is 246 g/mol. The van der Waals surface area contributed by atoms with Gasteiger partial charge in [0.2, 0.25) is 0 Å². The summed E-state index contributed by atoms with van der Waals surface area (Å²) in [7, 11) is 0. The van der Waals surface area contributed by atoms with E-state index < -0.39 is 0 Å². The maximum Gasteiger partial charge on any atom is 0.122 e. The monoisotopic (exact) mass is 275 g/mol. The molecule has 0 aromatic heterocycles. The molecule has 0 spiro atoms. The number of hydrogen-bond acceptors (Lipinski definition) is 2. The van der Waals surface area contributed by atoms with Crippen molar-refractivity contribution in [3.05, 3.63) is 29.8 Å². The minimum atomic E-state index is 0.231. The van der Waals surface area contributed by atoms with E-state index in [1.807, 2.05) is 0 Å². The lowest BCUT2D eigenvalue weighted by atomic mass is 9.85. The van der Waals surface area contributed by atoms with Gasteiger partial charge >= 0.3 is 0 Å². The maximum atomic E-state index is 6.31. The Bertz CT molecular complexity index is 404. The predicted octanol–water partition coefficient (Wildman–Crippen LogP) is 4.31. The van der Waals surface area contributed by atoms with Crippen molar-refractivity contribution >= 4 is 0 Å². The third-order valence-corrected chi connectivity index (χ3v) is 4.58. The van der Waals surface area contributed by atoms with Gasteiger partial charge in [-0.1, -0.05) is 44.9 Å². The molecule has 2 rings (SSSR count). The first-order valence-corrected chi connectivity index (χ1v) is 8.23. The number of para-hydroxylation sites is 1. The predicted molar refractivity (Wildman–Crippen MR) is 85.1 cm³/mol. The summed E-state index contributed by atoms with van der Waals surface area (Å²) in [5.41, 5.74) is 7.36. The summed E-state index contributed by atoms with van der Waals surface area (Å²) in [6.07, 6.45) is 8.69. The molecule has 0 radical (unpaired) electrons. The summed E-state index contributed by atoms with van der Waals surface area (Å²) in [5, 5.41) is 0. The first kappa shape index (κ1) is 15.4. The largest absolute Gasteiger partial charge is 0.490 e. The van der Waals surface area contributed by atoms with Gasteiger partial charge in [-0.2, -0.15) is 0 Å². The van der Waals surface area contributed by atoms with Crippen LogP contribution in [-0.2, 0) is 6.42 Å². The van der Waals surface area contributed by atoms with Crippen molar-refractivity contribution in [2.45, 2.75) is 70.9 Å². The smallest absolute Gasteiger partial charge is 0.122 e. The molecular formula is C18H29NO. The summed E-state index contributed by atoms with van der Waals surface area (Å²) < 4.78 is 6.31. The highest BCUT2D eigenvalue weighted by Gasteiger charge is 2.22. The van der Waals surface area contributed by atoms with E-state index in [4.69, 9.17) is 10.5 Å². The van der Waals surface area contributed by atoms with Gasteiger partial charge < -0.3 is 10.5 Å². The van der Waals surface area contributed by atoms with Crippen LogP contribution in [0.3, 0.4) is 0 Å². The lowest BCUT2D eigenvalue weighted by Crippen LogP contribution is -2.26. The summed E-state index contributed by atoms with van der Waals surface area (Å²) in [5.74, 6) is 1.90. The maximum absolute atomic E-state index is 6.31. The van der Waals surface area contributed by atoms with Crippen molar-refractivity contribution in [2.75, 3.05) is 0 Å². The van der Waals surface area contributed by atoms with Crippen LogP contribution < -0.4 is 10.5 Å². The summed E-state index contributed by atoms with van der Waals surface area (Å²) in [6.45, 7) is 4.43. The zero-order chi connectivity index (χ0) is 14.4. The first-order valence-electron chi connectivity index (χ1n) is 8.23. The fourth-order valence-corrected chi connectivity index (χ4v) is 3.11. The third kappa shape index (κ3) is 4.24. The highest BCUT2D eigenvalue weighted by atomic mass is 16.5. The topological polar surface area (TPSA) is 35.2 Å². The minimum Gasteiger partial charge on any atom is -0.490 e. The Hall–Kier alpha value is -1.02. The summed E-state index contributed by atoms with van der Waals surface area (Å²) in [6, 6.07) is 8.64. The fourth-order valence-electron chi connectivity index (χ4n) is 3.11. The van der Waals surface area contributed by atoms with Crippen molar-refractivity contribution in [1.82, 2.24) is 0 Å². The van der Waals surface area contributed by atoms with Gasteiger partial charge in [0.05, 0.1) is 6.10 Å². The van der Waals surface area contributed by atoms with Crippen LogP contribution in [0, 0.1) is 5.92 Å². The molecule has 2 nitrogen and oxygen atoms in total. The molecule has 1 aliphatic rings. The van der Waals surface area contributed by atoms with Crippen LogP contribution in [-0.4, -0.2) is 12.1 Å². The molecule has 0 amide bonds. The molecule has 0 saturated heterocycles. The fraction of sp³-hybridized carbons (Fsp3) is 0.667. The Balaban J connectivity index is 2.01. The normalized spacial score (nSPS) is 24.4. The first-order chi connectivity index (χ1) is 9.72. The Morgan fingerprint density at radius 3 is 2.80 bits per heavy atom. The Morgan fingerprint density at radius 2 is 2.05 bits per heavy atom. The average Bonchev–Trinajstić information content (AvgIpc) is 2.49. The Morgan fingerprint density at radius 1 is 1.25 bits per heavy atom. The lowest BCUT2D eigenvalue weighted by molar-refractivity contribution is 0.121. The Labute approximate surface area is 123 Å². The number of hydrogen-bond donors (Lipinski definition) is 1. The summed E-state index contributed by atoms with van der Waals surface area (Å²) >= 11 is 0. The van der Waals surface area contributed by atoms with E-state index in [1.165, 1.54) is 37.7 Å². The van der Waals surface area contributed by atoms with Crippen LogP contribution in [0.4, 0.5) is 0 Å². The van der Waals surface area contributed by atoms with E-state index in [1.54, 1.807) is 0 Å². The van der Waals surface area contributed by atoms with Crippen LogP contribution in [0.5, 0.6) is 5.75 Å². The molecule has 2 heteroatoms. The second-order valence-corrected chi connectivity index (χ2v) is 6.16. The van der Waals surface area contributed by atoms with Crippen LogP contribution in [0.15, 0.2) is 24.3 Å². The van der Waals surface area contributed by atoms with E-state index in [0.717, 1.165) is 24.5 Å². The second kappa shape index (κ2) is 7.68. The summed E-state index contributed by atoms with van der Waals surface area (Å²) in [4.78, 5) is 0. The SMILES string of the molecule is CCC(N)Cc1ccccc1OC1CCCC(CC)C1.